The van der Waals surface area contributed by atoms with Crippen molar-refractivity contribution in [1.29, 1.82) is 0 Å². The molecule has 0 atom stereocenters. The van der Waals surface area contributed by atoms with Crippen molar-refractivity contribution >= 4 is 11.8 Å². The second kappa shape index (κ2) is 7.74. The molecule has 1 saturated carbocycles. The normalized spacial score (nSPS) is 16.5. The van der Waals surface area contributed by atoms with E-state index in [1.165, 1.54) is 0 Å². The molecular formula is C23H23N5O2. The van der Waals surface area contributed by atoms with E-state index in [9.17, 15) is 9.59 Å². The molecule has 1 saturated heterocycles. The zero-order chi connectivity index (χ0) is 20.5. The van der Waals surface area contributed by atoms with Crippen LogP contribution in [0.25, 0.3) is 5.69 Å². The highest BCUT2D eigenvalue weighted by molar-refractivity contribution is 5.95. The van der Waals surface area contributed by atoms with Gasteiger partial charge >= 0.3 is 0 Å². The van der Waals surface area contributed by atoms with E-state index in [4.69, 9.17) is 0 Å². The predicted molar refractivity (Wildman–Crippen MR) is 112 cm³/mol. The number of rotatable bonds is 4. The van der Waals surface area contributed by atoms with Crippen LogP contribution >= 0.6 is 0 Å². The third-order valence-electron chi connectivity index (χ3n) is 5.75. The van der Waals surface area contributed by atoms with Gasteiger partial charge in [-0.15, -0.1) is 5.10 Å². The summed E-state index contributed by atoms with van der Waals surface area (Å²) in [7, 11) is 0. The van der Waals surface area contributed by atoms with Crippen LogP contribution in [0.5, 0.6) is 0 Å². The summed E-state index contributed by atoms with van der Waals surface area (Å²) in [6.45, 7) is 2.04. The first-order chi connectivity index (χ1) is 14.7. The van der Waals surface area contributed by atoms with Crippen LogP contribution < -0.4 is 0 Å². The molecule has 1 aliphatic heterocycles. The Morgan fingerprint density at radius 3 is 1.93 bits per heavy atom. The SMILES string of the molecule is O=C(c1ccccc1)N1CCN(C(=O)c2nnn(-c3ccccc3)c2C2CC2)CC1. The summed E-state index contributed by atoms with van der Waals surface area (Å²) in [5.41, 5.74) is 2.96. The third-order valence-corrected chi connectivity index (χ3v) is 5.75. The zero-order valence-corrected chi connectivity index (χ0v) is 16.6. The van der Waals surface area contributed by atoms with Gasteiger partial charge in [-0.2, -0.15) is 0 Å². The van der Waals surface area contributed by atoms with Crippen LogP contribution in [0.1, 0.15) is 45.3 Å². The topological polar surface area (TPSA) is 71.3 Å². The fourth-order valence-electron chi connectivity index (χ4n) is 3.95. The summed E-state index contributed by atoms with van der Waals surface area (Å²) >= 11 is 0. The van der Waals surface area contributed by atoms with Crippen molar-refractivity contribution < 1.29 is 9.59 Å². The summed E-state index contributed by atoms with van der Waals surface area (Å²) in [4.78, 5) is 29.5. The van der Waals surface area contributed by atoms with E-state index in [0.29, 0.717) is 43.4 Å². The molecule has 2 fully saturated rings. The molecule has 1 aliphatic carbocycles. The van der Waals surface area contributed by atoms with E-state index in [2.05, 4.69) is 10.3 Å². The van der Waals surface area contributed by atoms with Gasteiger partial charge in [0.1, 0.15) is 0 Å². The maximum absolute atomic E-state index is 13.3. The van der Waals surface area contributed by atoms with Gasteiger partial charge in [0.05, 0.1) is 11.4 Å². The van der Waals surface area contributed by atoms with E-state index < -0.39 is 0 Å². The average Bonchev–Trinajstić information content (AvgIpc) is 3.57. The maximum atomic E-state index is 13.3. The molecular weight excluding hydrogens is 378 g/mol. The summed E-state index contributed by atoms with van der Waals surface area (Å²) in [6, 6.07) is 19.1. The van der Waals surface area contributed by atoms with Gasteiger partial charge in [-0.25, -0.2) is 4.68 Å². The molecule has 3 aromatic rings. The summed E-state index contributed by atoms with van der Waals surface area (Å²) < 4.78 is 1.81. The molecule has 2 heterocycles. The Hall–Kier alpha value is -3.48. The fraction of sp³-hybridized carbons (Fsp3) is 0.304. The number of benzene rings is 2. The van der Waals surface area contributed by atoms with Gasteiger partial charge in [0.25, 0.3) is 11.8 Å². The first-order valence-corrected chi connectivity index (χ1v) is 10.4. The van der Waals surface area contributed by atoms with Crippen LogP contribution in [-0.4, -0.2) is 62.8 Å². The molecule has 0 N–H and O–H groups in total. The van der Waals surface area contributed by atoms with Crippen LogP contribution in [0.15, 0.2) is 60.7 Å². The molecule has 7 heteroatoms. The van der Waals surface area contributed by atoms with Crippen LogP contribution in [0, 0.1) is 0 Å². The predicted octanol–water partition coefficient (Wildman–Crippen LogP) is 2.74. The Morgan fingerprint density at radius 2 is 1.33 bits per heavy atom. The maximum Gasteiger partial charge on any atom is 0.276 e. The van der Waals surface area contributed by atoms with Crippen molar-refractivity contribution in [2.24, 2.45) is 0 Å². The second-order valence-electron chi connectivity index (χ2n) is 7.80. The minimum atomic E-state index is -0.0918. The highest BCUT2D eigenvalue weighted by atomic mass is 16.2. The number of aromatic nitrogens is 3. The number of hydrogen-bond donors (Lipinski definition) is 0. The molecule has 2 aliphatic rings. The van der Waals surface area contributed by atoms with Crippen molar-refractivity contribution in [2.45, 2.75) is 18.8 Å². The lowest BCUT2D eigenvalue weighted by Crippen LogP contribution is -2.50. The van der Waals surface area contributed by atoms with E-state index in [1.807, 2.05) is 65.6 Å². The lowest BCUT2D eigenvalue weighted by Gasteiger charge is -2.34. The van der Waals surface area contributed by atoms with E-state index in [-0.39, 0.29) is 11.8 Å². The number of amides is 2. The second-order valence-corrected chi connectivity index (χ2v) is 7.80. The molecule has 7 nitrogen and oxygen atoms in total. The van der Waals surface area contributed by atoms with Crippen LogP contribution in [0.4, 0.5) is 0 Å². The van der Waals surface area contributed by atoms with Gasteiger partial charge in [0.15, 0.2) is 5.69 Å². The minimum absolute atomic E-state index is 0.0105. The van der Waals surface area contributed by atoms with Gasteiger partial charge in [0.2, 0.25) is 0 Å². The summed E-state index contributed by atoms with van der Waals surface area (Å²) in [6.07, 6.45) is 2.11. The van der Waals surface area contributed by atoms with Crippen molar-refractivity contribution in [3.05, 3.63) is 77.6 Å². The van der Waals surface area contributed by atoms with Crippen LogP contribution in [0.2, 0.25) is 0 Å². The lowest BCUT2D eigenvalue weighted by atomic mass is 10.1. The highest BCUT2D eigenvalue weighted by Gasteiger charge is 2.36. The molecule has 5 rings (SSSR count). The van der Waals surface area contributed by atoms with Crippen molar-refractivity contribution in [3.63, 3.8) is 0 Å². The Kier molecular flexibility index (Phi) is 4.78. The number of carbonyl (C=O) groups excluding carboxylic acids is 2. The Morgan fingerprint density at radius 1 is 0.767 bits per heavy atom. The molecule has 2 amide bonds. The van der Waals surface area contributed by atoms with Gasteiger partial charge in [-0.1, -0.05) is 41.6 Å². The molecule has 30 heavy (non-hydrogen) atoms. The number of piperazine rings is 1. The summed E-state index contributed by atoms with van der Waals surface area (Å²) in [5, 5.41) is 8.57. The summed E-state index contributed by atoms with van der Waals surface area (Å²) in [5.74, 6) is 0.252. The molecule has 152 valence electrons. The van der Waals surface area contributed by atoms with Crippen molar-refractivity contribution in [3.8, 4) is 5.69 Å². The molecule has 0 spiro atoms. The minimum Gasteiger partial charge on any atom is -0.335 e. The smallest absolute Gasteiger partial charge is 0.276 e. The Bertz CT molecular complexity index is 1050. The van der Waals surface area contributed by atoms with Crippen molar-refractivity contribution in [2.75, 3.05) is 26.2 Å². The number of nitrogens with zero attached hydrogens (tertiary/aromatic N) is 5. The lowest BCUT2D eigenvalue weighted by molar-refractivity contribution is 0.0531. The number of para-hydroxylation sites is 1. The first kappa shape index (κ1) is 18.5. The monoisotopic (exact) mass is 401 g/mol. The molecule has 0 unspecified atom stereocenters. The average molecular weight is 401 g/mol. The van der Waals surface area contributed by atoms with E-state index >= 15 is 0 Å². The van der Waals surface area contributed by atoms with Crippen LogP contribution in [0.3, 0.4) is 0 Å². The van der Waals surface area contributed by atoms with E-state index in [1.54, 1.807) is 9.58 Å². The van der Waals surface area contributed by atoms with E-state index in [0.717, 1.165) is 24.2 Å². The molecule has 2 aromatic carbocycles. The largest absolute Gasteiger partial charge is 0.335 e. The Balaban J connectivity index is 1.32. The van der Waals surface area contributed by atoms with Crippen molar-refractivity contribution in [1.82, 2.24) is 24.8 Å². The number of carbonyl (C=O) groups is 2. The standard InChI is InChI=1S/C23H23N5O2/c29-22(18-7-3-1-4-8-18)26-13-15-27(16-14-26)23(30)20-21(17-11-12-17)28(25-24-20)19-9-5-2-6-10-19/h1-10,17H,11-16H2. The highest BCUT2D eigenvalue weighted by Crippen LogP contribution is 2.42. The quantitative estimate of drug-likeness (QED) is 0.674. The van der Waals surface area contributed by atoms with Gasteiger partial charge in [-0.3, -0.25) is 9.59 Å². The zero-order valence-electron chi connectivity index (χ0n) is 16.6. The first-order valence-electron chi connectivity index (χ1n) is 10.4. The molecule has 0 radical (unpaired) electrons. The van der Waals surface area contributed by atoms with Crippen LogP contribution in [-0.2, 0) is 0 Å². The van der Waals surface area contributed by atoms with Gasteiger partial charge < -0.3 is 9.80 Å². The third kappa shape index (κ3) is 3.47. The molecule has 1 aromatic heterocycles. The number of hydrogen-bond acceptors (Lipinski definition) is 4. The van der Waals surface area contributed by atoms with Gasteiger partial charge in [0, 0.05) is 37.7 Å². The Labute approximate surface area is 174 Å². The fourth-order valence-corrected chi connectivity index (χ4v) is 3.95. The van der Waals surface area contributed by atoms with Gasteiger partial charge in [-0.05, 0) is 37.1 Å². The molecule has 0 bridgehead atoms.